The highest BCUT2D eigenvalue weighted by atomic mass is 16.5. The van der Waals surface area contributed by atoms with Gasteiger partial charge in [-0.05, 0) is 57.5 Å². The van der Waals surface area contributed by atoms with Crippen molar-refractivity contribution in [2.75, 3.05) is 40.5 Å². The molecule has 2 aromatic rings. The predicted octanol–water partition coefficient (Wildman–Crippen LogP) is 5.00. The Bertz CT molecular complexity index is 1060. The van der Waals surface area contributed by atoms with E-state index in [4.69, 9.17) is 34.6 Å². The second kappa shape index (κ2) is 31.5. The van der Waals surface area contributed by atoms with Gasteiger partial charge in [0.25, 0.3) is 0 Å². The van der Waals surface area contributed by atoms with E-state index < -0.39 is 5.97 Å². The SMILES string of the molecule is C.C.CC=O.CCN.CCNC(=O)CCCOc1ccc(C=O)c(OC)c1.COc1cc(OCCCC(=O)O)ccc1C=O. The summed E-state index contributed by atoms with van der Waals surface area (Å²) in [5.74, 6) is 1.28. The lowest BCUT2D eigenvalue weighted by molar-refractivity contribution is -0.137. The maximum absolute atomic E-state index is 11.2. The molecule has 0 saturated carbocycles. The standard InChI is InChI=1S/C14H19NO4.C12H14O5.C2H7N.C2H4O.2CH4/c1-3-15-14(17)5-4-8-19-12-7-6-11(10-16)13(9-12)18-2;1-16-11-7-10(5-4-9(11)8-13)17-6-2-3-12(14)15;2*1-2-3;;/h6-7,9-10H,3-5,8H2,1-2H3,(H,15,17);4-5,7-8H,2-3,6H2,1H3,(H,14,15);2-3H2,1H3;2H,1H3;2*1H4. The van der Waals surface area contributed by atoms with E-state index in [1.54, 1.807) is 36.4 Å². The largest absolute Gasteiger partial charge is 0.496 e. The normalized spacial score (nSPS) is 8.68. The average Bonchev–Trinajstić information content (AvgIpc) is 2.98. The topological polar surface area (TPSA) is 181 Å². The molecule has 0 aliphatic carbocycles. The molecule has 4 N–H and O–H groups in total. The number of rotatable bonds is 15. The van der Waals surface area contributed by atoms with Gasteiger partial charge in [-0.3, -0.25) is 19.2 Å². The molecule has 0 aliphatic heterocycles. The minimum Gasteiger partial charge on any atom is -0.496 e. The summed E-state index contributed by atoms with van der Waals surface area (Å²) in [4.78, 5) is 51.7. The Morgan fingerprint density at radius 1 is 0.818 bits per heavy atom. The number of hydrogen-bond acceptors (Lipinski definition) is 10. The number of carboxylic acids is 1. The minimum atomic E-state index is -0.845. The van der Waals surface area contributed by atoms with Gasteiger partial charge in [0.15, 0.2) is 12.6 Å². The fraction of sp³-hybridized carbons (Fsp3) is 0.469. The van der Waals surface area contributed by atoms with Gasteiger partial charge in [0.05, 0.1) is 38.6 Å². The van der Waals surface area contributed by atoms with Crippen molar-refractivity contribution < 1.29 is 48.0 Å². The summed E-state index contributed by atoms with van der Waals surface area (Å²) < 4.78 is 20.9. The lowest BCUT2D eigenvalue weighted by Gasteiger charge is -2.09. The number of amides is 1. The zero-order chi connectivity index (χ0) is 32.2. The Hall–Kier alpha value is -4.45. The monoisotopic (exact) mass is 624 g/mol. The molecule has 0 bridgehead atoms. The van der Waals surface area contributed by atoms with Crippen molar-refractivity contribution in [1.29, 1.82) is 0 Å². The summed E-state index contributed by atoms with van der Waals surface area (Å²) in [5, 5.41) is 11.2. The van der Waals surface area contributed by atoms with Crippen LogP contribution in [0, 0.1) is 0 Å². The number of carbonyl (C=O) groups is 5. The molecule has 0 aliphatic rings. The molecule has 12 nitrogen and oxygen atoms in total. The van der Waals surface area contributed by atoms with Crippen LogP contribution < -0.4 is 30.0 Å². The molecule has 2 rings (SSSR count). The lowest BCUT2D eigenvalue weighted by Crippen LogP contribution is -2.22. The summed E-state index contributed by atoms with van der Waals surface area (Å²) in [7, 11) is 2.97. The van der Waals surface area contributed by atoms with Gasteiger partial charge >= 0.3 is 5.97 Å². The van der Waals surface area contributed by atoms with Crippen LogP contribution in [0.1, 0.15) is 82.0 Å². The minimum absolute atomic E-state index is 0. The van der Waals surface area contributed by atoms with Gasteiger partial charge in [-0.1, -0.05) is 21.8 Å². The Morgan fingerprint density at radius 2 is 1.20 bits per heavy atom. The molecular weight excluding hydrogens is 572 g/mol. The van der Waals surface area contributed by atoms with Crippen molar-refractivity contribution in [3.63, 3.8) is 0 Å². The molecular formula is C32H52N2O10. The summed E-state index contributed by atoms with van der Waals surface area (Å²) in [6.45, 7) is 7.38. The quantitative estimate of drug-likeness (QED) is 0.179. The molecule has 0 atom stereocenters. The summed E-state index contributed by atoms with van der Waals surface area (Å²) in [6, 6.07) is 9.86. The van der Waals surface area contributed by atoms with Crippen LogP contribution in [0.25, 0.3) is 0 Å². The summed E-state index contributed by atoms with van der Waals surface area (Å²) in [5.41, 5.74) is 5.78. The number of aldehydes is 3. The van der Waals surface area contributed by atoms with Crippen molar-refractivity contribution in [2.45, 2.75) is 61.3 Å². The fourth-order valence-electron chi connectivity index (χ4n) is 2.88. The van der Waals surface area contributed by atoms with E-state index in [1.165, 1.54) is 21.1 Å². The van der Waals surface area contributed by atoms with Crippen LogP contribution in [-0.2, 0) is 14.4 Å². The Kier molecular flexibility index (Phi) is 33.3. The summed E-state index contributed by atoms with van der Waals surface area (Å²) in [6.07, 6.45) is 3.78. The number of ether oxygens (including phenoxy) is 4. The van der Waals surface area contributed by atoms with E-state index in [2.05, 4.69) is 5.32 Å². The molecule has 44 heavy (non-hydrogen) atoms. The van der Waals surface area contributed by atoms with E-state index in [0.29, 0.717) is 79.4 Å². The molecule has 2 aromatic carbocycles. The van der Waals surface area contributed by atoms with Crippen LogP contribution >= 0.6 is 0 Å². The zero-order valence-electron chi connectivity index (χ0n) is 25.1. The van der Waals surface area contributed by atoms with Gasteiger partial charge < -0.3 is 39.9 Å². The number of carboxylic acid groups (broad SMARTS) is 1. The second-order valence-corrected chi connectivity index (χ2v) is 7.94. The predicted molar refractivity (Wildman–Crippen MR) is 172 cm³/mol. The number of nitrogens with one attached hydrogen (secondary N) is 1. The molecule has 1 amide bonds. The van der Waals surface area contributed by atoms with Crippen LogP contribution in [0.5, 0.6) is 23.0 Å². The van der Waals surface area contributed by atoms with E-state index in [0.717, 1.165) is 19.1 Å². The van der Waals surface area contributed by atoms with Gasteiger partial charge in [-0.2, -0.15) is 0 Å². The first kappa shape index (κ1) is 46.5. The first-order valence-electron chi connectivity index (χ1n) is 13.3. The molecule has 0 aromatic heterocycles. The maximum Gasteiger partial charge on any atom is 0.303 e. The van der Waals surface area contributed by atoms with Crippen molar-refractivity contribution in [2.24, 2.45) is 5.73 Å². The molecule has 12 heteroatoms. The van der Waals surface area contributed by atoms with Crippen LogP contribution in [0.4, 0.5) is 0 Å². The van der Waals surface area contributed by atoms with Crippen LogP contribution in [-0.4, -0.2) is 76.4 Å². The van der Waals surface area contributed by atoms with Crippen LogP contribution in [0.2, 0.25) is 0 Å². The van der Waals surface area contributed by atoms with E-state index >= 15 is 0 Å². The molecule has 0 saturated heterocycles. The number of carbonyl (C=O) groups excluding carboxylic acids is 4. The number of hydrogen-bond donors (Lipinski definition) is 3. The Labute approximate surface area is 262 Å². The number of aliphatic carboxylic acids is 1. The van der Waals surface area contributed by atoms with Crippen LogP contribution in [0.3, 0.4) is 0 Å². The Morgan fingerprint density at radius 3 is 1.52 bits per heavy atom. The van der Waals surface area contributed by atoms with Gasteiger partial charge in [0.2, 0.25) is 5.91 Å². The van der Waals surface area contributed by atoms with Gasteiger partial charge in [0.1, 0.15) is 29.3 Å². The van der Waals surface area contributed by atoms with Crippen molar-refractivity contribution in [3.8, 4) is 23.0 Å². The van der Waals surface area contributed by atoms with Crippen molar-refractivity contribution in [3.05, 3.63) is 47.5 Å². The first-order valence-corrected chi connectivity index (χ1v) is 13.3. The highest BCUT2D eigenvalue weighted by Gasteiger charge is 2.06. The highest BCUT2D eigenvalue weighted by molar-refractivity contribution is 5.80. The Balaban J connectivity index is -0.000000297. The first-order chi connectivity index (χ1) is 20.2. The molecule has 0 unspecified atom stereocenters. The van der Waals surface area contributed by atoms with Crippen molar-refractivity contribution >= 4 is 30.7 Å². The van der Waals surface area contributed by atoms with Gasteiger partial charge in [-0.15, -0.1) is 0 Å². The summed E-state index contributed by atoms with van der Waals surface area (Å²) >= 11 is 0. The maximum atomic E-state index is 11.2. The van der Waals surface area contributed by atoms with Crippen molar-refractivity contribution in [1.82, 2.24) is 5.32 Å². The number of nitrogens with two attached hydrogens (primary N) is 1. The third kappa shape index (κ3) is 23.1. The third-order valence-corrected chi connectivity index (χ3v) is 4.66. The molecule has 0 radical (unpaired) electrons. The average molecular weight is 625 g/mol. The number of benzene rings is 2. The molecule has 250 valence electrons. The fourth-order valence-corrected chi connectivity index (χ4v) is 2.88. The second-order valence-electron chi connectivity index (χ2n) is 7.94. The molecule has 0 heterocycles. The van der Waals surface area contributed by atoms with E-state index in [1.807, 2.05) is 13.8 Å². The smallest absolute Gasteiger partial charge is 0.303 e. The molecule has 0 fully saturated rings. The number of methoxy groups -OCH3 is 2. The van der Waals surface area contributed by atoms with Gasteiger partial charge in [-0.25, -0.2) is 0 Å². The van der Waals surface area contributed by atoms with E-state index in [9.17, 15) is 19.2 Å². The van der Waals surface area contributed by atoms with Gasteiger partial charge in [0, 0.05) is 31.5 Å². The van der Waals surface area contributed by atoms with E-state index in [-0.39, 0.29) is 27.2 Å². The highest BCUT2D eigenvalue weighted by Crippen LogP contribution is 2.24. The molecule has 0 spiro atoms. The lowest BCUT2D eigenvalue weighted by atomic mass is 10.2. The van der Waals surface area contributed by atoms with Crippen LogP contribution in [0.15, 0.2) is 36.4 Å². The zero-order valence-corrected chi connectivity index (χ0v) is 25.1. The third-order valence-electron chi connectivity index (χ3n) is 4.66.